The summed E-state index contributed by atoms with van der Waals surface area (Å²) in [6, 6.07) is 14.7. The van der Waals surface area contributed by atoms with Crippen molar-refractivity contribution in [1.29, 1.82) is 0 Å². The molecule has 0 radical (unpaired) electrons. The number of hydrogen-bond donors (Lipinski definition) is 1. The molecule has 5 heteroatoms. The molecule has 5 nitrogen and oxygen atoms in total. The number of rotatable bonds is 4. The maximum absolute atomic E-state index is 10.6. The van der Waals surface area contributed by atoms with Crippen LogP contribution in [0.5, 0.6) is 0 Å². The Kier molecular flexibility index (Phi) is 3.57. The van der Waals surface area contributed by atoms with Gasteiger partial charge in [-0.2, -0.15) is 4.98 Å². The molecule has 0 saturated carbocycles. The minimum Gasteiger partial charge on any atom is -0.334 e. The molecular formula is C16H13N3O2. The zero-order valence-corrected chi connectivity index (χ0v) is 11.2. The lowest BCUT2D eigenvalue weighted by Crippen LogP contribution is -1.95. The van der Waals surface area contributed by atoms with Gasteiger partial charge in [0.25, 0.3) is 5.89 Å². The minimum atomic E-state index is 0.452. The van der Waals surface area contributed by atoms with Crippen LogP contribution in [0.4, 0.5) is 0 Å². The van der Waals surface area contributed by atoms with Gasteiger partial charge in [-0.3, -0.25) is 4.79 Å². The zero-order valence-electron chi connectivity index (χ0n) is 11.2. The fourth-order valence-electron chi connectivity index (χ4n) is 1.95. The maximum atomic E-state index is 10.6. The van der Waals surface area contributed by atoms with Crippen molar-refractivity contribution in [3.8, 4) is 22.8 Å². The van der Waals surface area contributed by atoms with Crippen LogP contribution in [0, 0.1) is 0 Å². The zero-order chi connectivity index (χ0) is 14.7. The van der Waals surface area contributed by atoms with Crippen molar-refractivity contribution in [1.82, 2.24) is 10.1 Å². The molecule has 104 valence electrons. The maximum Gasteiger partial charge on any atom is 0.258 e. The van der Waals surface area contributed by atoms with Gasteiger partial charge in [-0.15, -0.1) is 0 Å². The number of nitrogens with zero attached hydrogens (tertiary/aromatic N) is 2. The summed E-state index contributed by atoms with van der Waals surface area (Å²) in [5.74, 6) is 0.943. The van der Waals surface area contributed by atoms with Crippen molar-refractivity contribution in [3.05, 3.63) is 59.7 Å². The van der Waals surface area contributed by atoms with Crippen LogP contribution in [0.25, 0.3) is 22.8 Å². The van der Waals surface area contributed by atoms with Gasteiger partial charge in [0.2, 0.25) is 5.82 Å². The van der Waals surface area contributed by atoms with E-state index < -0.39 is 0 Å². The number of benzene rings is 2. The lowest BCUT2D eigenvalue weighted by atomic mass is 10.1. The first-order valence-electron chi connectivity index (χ1n) is 6.49. The Labute approximate surface area is 121 Å². The first-order valence-corrected chi connectivity index (χ1v) is 6.49. The van der Waals surface area contributed by atoms with E-state index in [9.17, 15) is 4.79 Å². The fourth-order valence-corrected chi connectivity index (χ4v) is 1.95. The molecule has 0 aliphatic carbocycles. The summed E-state index contributed by atoms with van der Waals surface area (Å²) in [6.45, 7) is 0.498. The summed E-state index contributed by atoms with van der Waals surface area (Å²) >= 11 is 0. The number of aldehydes is 1. The first kappa shape index (κ1) is 13.2. The van der Waals surface area contributed by atoms with Crippen molar-refractivity contribution in [2.24, 2.45) is 5.73 Å². The third kappa shape index (κ3) is 2.73. The quantitative estimate of drug-likeness (QED) is 0.742. The van der Waals surface area contributed by atoms with Gasteiger partial charge >= 0.3 is 0 Å². The van der Waals surface area contributed by atoms with Gasteiger partial charge < -0.3 is 10.3 Å². The molecule has 3 rings (SSSR count). The summed E-state index contributed by atoms with van der Waals surface area (Å²) in [6.07, 6.45) is 0.796. The van der Waals surface area contributed by atoms with Gasteiger partial charge in [-0.05, 0) is 17.7 Å². The van der Waals surface area contributed by atoms with Gasteiger partial charge in [0.1, 0.15) is 6.29 Å². The lowest BCUT2D eigenvalue weighted by molar-refractivity contribution is 0.112. The van der Waals surface area contributed by atoms with E-state index in [0.717, 1.165) is 23.0 Å². The Morgan fingerprint density at radius 3 is 2.29 bits per heavy atom. The molecule has 0 amide bonds. The number of carbonyl (C=O) groups excluding carboxylic acids is 1. The Morgan fingerprint density at radius 2 is 1.67 bits per heavy atom. The summed E-state index contributed by atoms with van der Waals surface area (Å²) < 4.78 is 5.27. The number of hydrogen-bond acceptors (Lipinski definition) is 5. The van der Waals surface area contributed by atoms with Gasteiger partial charge in [-0.25, -0.2) is 0 Å². The second kappa shape index (κ2) is 5.68. The van der Waals surface area contributed by atoms with Crippen LogP contribution in [0.2, 0.25) is 0 Å². The molecule has 1 heterocycles. The summed E-state index contributed by atoms with van der Waals surface area (Å²) in [4.78, 5) is 15.0. The van der Waals surface area contributed by atoms with Gasteiger partial charge in [-0.1, -0.05) is 41.6 Å². The molecule has 1 aromatic heterocycles. The van der Waals surface area contributed by atoms with E-state index in [1.807, 2.05) is 24.3 Å². The van der Waals surface area contributed by atoms with Crippen molar-refractivity contribution in [2.75, 3.05) is 0 Å². The molecule has 3 aromatic rings. The highest BCUT2D eigenvalue weighted by molar-refractivity contribution is 5.76. The average molecular weight is 279 g/mol. The molecule has 0 unspecified atom stereocenters. The number of carbonyl (C=O) groups is 1. The van der Waals surface area contributed by atoms with E-state index >= 15 is 0 Å². The molecule has 2 aromatic carbocycles. The molecule has 0 fully saturated rings. The normalized spacial score (nSPS) is 10.5. The standard InChI is InChI=1S/C16H13N3O2/c17-9-11-1-7-14(8-2-11)16-18-15(19-21-16)13-5-3-12(10-20)4-6-13/h1-8,10H,9,17H2. The van der Waals surface area contributed by atoms with E-state index in [-0.39, 0.29) is 0 Å². The Bertz CT molecular complexity index is 746. The van der Waals surface area contributed by atoms with Crippen LogP contribution in [0.15, 0.2) is 53.1 Å². The lowest BCUT2D eigenvalue weighted by Gasteiger charge is -1.97. The molecule has 0 atom stereocenters. The molecule has 0 aliphatic heterocycles. The van der Waals surface area contributed by atoms with Crippen LogP contribution < -0.4 is 5.73 Å². The highest BCUT2D eigenvalue weighted by atomic mass is 16.5. The van der Waals surface area contributed by atoms with E-state index in [1.54, 1.807) is 24.3 Å². The minimum absolute atomic E-state index is 0.452. The molecule has 0 aliphatic rings. The van der Waals surface area contributed by atoms with Crippen LogP contribution in [-0.4, -0.2) is 16.4 Å². The number of nitrogens with two attached hydrogens (primary N) is 1. The second-order valence-electron chi connectivity index (χ2n) is 4.56. The highest BCUT2D eigenvalue weighted by Gasteiger charge is 2.10. The van der Waals surface area contributed by atoms with Crippen molar-refractivity contribution < 1.29 is 9.32 Å². The largest absolute Gasteiger partial charge is 0.334 e. The summed E-state index contributed by atoms with van der Waals surface area (Å²) in [5, 5.41) is 3.96. The van der Waals surface area contributed by atoms with E-state index in [4.69, 9.17) is 10.3 Å². The SMILES string of the molecule is NCc1ccc(-c2nc(-c3ccc(C=O)cc3)no2)cc1. The predicted molar refractivity (Wildman–Crippen MR) is 78.4 cm³/mol. The molecule has 0 saturated heterocycles. The fraction of sp³-hybridized carbons (Fsp3) is 0.0625. The van der Waals surface area contributed by atoms with E-state index in [0.29, 0.717) is 23.8 Å². The predicted octanol–water partition coefficient (Wildman–Crippen LogP) is 2.67. The third-order valence-corrected chi connectivity index (χ3v) is 3.17. The monoisotopic (exact) mass is 279 g/mol. The van der Waals surface area contributed by atoms with Crippen LogP contribution in [0.3, 0.4) is 0 Å². The Balaban J connectivity index is 1.89. The molecule has 0 bridgehead atoms. The summed E-state index contributed by atoms with van der Waals surface area (Å²) in [5.41, 5.74) is 8.86. The molecular weight excluding hydrogens is 266 g/mol. The molecule has 21 heavy (non-hydrogen) atoms. The molecule has 2 N–H and O–H groups in total. The van der Waals surface area contributed by atoms with E-state index in [2.05, 4.69) is 10.1 Å². The van der Waals surface area contributed by atoms with Gasteiger partial charge in [0, 0.05) is 23.2 Å². The van der Waals surface area contributed by atoms with Gasteiger partial charge in [0.15, 0.2) is 0 Å². The Morgan fingerprint density at radius 1 is 1.00 bits per heavy atom. The van der Waals surface area contributed by atoms with Crippen molar-refractivity contribution in [3.63, 3.8) is 0 Å². The second-order valence-corrected chi connectivity index (χ2v) is 4.56. The Hall–Kier alpha value is -2.79. The average Bonchev–Trinajstić information content (AvgIpc) is 3.05. The topological polar surface area (TPSA) is 82.0 Å². The van der Waals surface area contributed by atoms with Gasteiger partial charge in [0.05, 0.1) is 0 Å². The van der Waals surface area contributed by atoms with Crippen LogP contribution in [-0.2, 0) is 6.54 Å². The van der Waals surface area contributed by atoms with Crippen LogP contribution >= 0.6 is 0 Å². The third-order valence-electron chi connectivity index (χ3n) is 3.17. The first-order chi connectivity index (χ1) is 10.3. The smallest absolute Gasteiger partial charge is 0.258 e. The number of aromatic nitrogens is 2. The highest BCUT2D eigenvalue weighted by Crippen LogP contribution is 2.22. The summed E-state index contributed by atoms with van der Waals surface area (Å²) in [7, 11) is 0. The van der Waals surface area contributed by atoms with Crippen molar-refractivity contribution >= 4 is 6.29 Å². The van der Waals surface area contributed by atoms with Crippen LogP contribution in [0.1, 0.15) is 15.9 Å². The van der Waals surface area contributed by atoms with Crippen molar-refractivity contribution in [2.45, 2.75) is 6.54 Å². The van der Waals surface area contributed by atoms with E-state index in [1.165, 1.54) is 0 Å². The molecule has 0 spiro atoms.